The number of hydrogen-bond acceptors (Lipinski definition) is 4. The number of carboxylic acids is 1. The van der Waals surface area contributed by atoms with Gasteiger partial charge in [-0.1, -0.05) is 0 Å². The molecule has 0 aliphatic heterocycles. The molecule has 1 aliphatic rings. The summed E-state index contributed by atoms with van der Waals surface area (Å²) in [7, 11) is 0. The second-order valence-corrected chi connectivity index (χ2v) is 8.11. The molecule has 0 radical (unpaired) electrons. The van der Waals surface area contributed by atoms with Crippen molar-refractivity contribution >= 4 is 17.7 Å². The Balaban J connectivity index is 1.83. The van der Waals surface area contributed by atoms with E-state index < -0.39 is 17.6 Å². The minimum absolute atomic E-state index is 0.0227. The molecule has 1 fully saturated rings. The number of thioether (sulfide) groups is 1. The summed E-state index contributed by atoms with van der Waals surface area (Å²) in [4.78, 5) is 14.8. The third kappa shape index (κ3) is 5.22. The summed E-state index contributed by atoms with van der Waals surface area (Å²) in [6.45, 7) is 1.87. The number of hydrogen-bond donors (Lipinski definition) is 1. The van der Waals surface area contributed by atoms with Crippen molar-refractivity contribution in [2.24, 2.45) is 0 Å². The third-order valence-corrected chi connectivity index (χ3v) is 5.83. The zero-order valence-electron chi connectivity index (χ0n) is 15.7. The number of pyridine rings is 1. The fraction of sp³-hybridized carbons (Fsp3) is 0.429. The molecule has 0 spiro atoms. The Labute approximate surface area is 167 Å². The van der Waals surface area contributed by atoms with Crippen LogP contribution in [0, 0.1) is 18.6 Å². The van der Waals surface area contributed by atoms with Gasteiger partial charge in [0.2, 0.25) is 5.88 Å². The van der Waals surface area contributed by atoms with Gasteiger partial charge in [0.1, 0.15) is 17.7 Å². The lowest BCUT2D eigenvalue weighted by Gasteiger charge is -2.16. The van der Waals surface area contributed by atoms with Crippen molar-refractivity contribution in [3.63, 3.8) is 0 Å². The van der Waals surface area contributed by atoms with Gasteiger partial charge in [0.05, 0.1) is 4.90 Å². The highest BCUT2D eigenvalue weighted by molar-refractivity contribution is 7.99. The van der Waals surface area contributed by atoms with E-state index in [9.17, 15) is 13.6 Å². The SMILES string of the molecule is Cc1cnc(OC2CCCC2)c(-c2cc(F)c(SCCCC(=O)O)c(F)c2)c1. The molecule has 0 bridgehead atoms. The van der Waals surface area contributed by atoms with Crippen LogP contribution in [0.2, 0.25) is 0 Å². The summed E-state index contributed by atoms with van der Waals surface area (Å²) in [5.74, 6) is -1.51. The van der Waals surface area contributed by atoms with Crippen LogP contribution in [0.4, 0.5) is 8.78 Å². The molecule has 0 saturated heterocycles. The van der Waals surface area contributed by atoms with Gasteiger partial charge in [-0.2, -0.15) is 0 Å². The van der Waals surface area contributed by atoms with E-state index in [1.165, 1.54) is 12.1 Å². The standard InChI is InChI=1S/C21H23F2NO3S/c1-13-9-16(21(24-12-13)27-15-5-2-3-6-15)14-10-17(22)20(18(23)11-14)28-8-4-7-19(25)26/h9-12,15H,2-8H2,1H3,(H,25,26). The van der Waals surface area contributed by atoms with Crippen LogP contribution >= 0.6 is 11.8 Å². The Kier molecular flexibility index (Phi) is 6.88. The maximum absolute atomic E-state index is 14.6. The number of rotatable bonds is 8. The monoisotopic (exact) mass is 407 g/mol. The quantitative estimate of drug-likeness (QED) is 0.455. The Morgan fingerprint density at radius 3 is 2.57 bits per heavy atom. The highest BCUT2D eigenvalue weighted by Gasteiger charge is 2.21. The van der Waals surface area contributed by atoms with Crippen LogP contribution in [0.25, 0.3) is 11.1 Å². The van der Waals surface area contributed by atoms with Crippen molar-refractivity contribution in [3.8, 4) is 17.0 Å². The van der Waals surface area contributed by atoms with Gasteiger partial charge in [0.25, 0.3) is 0 Å². The van der Waals surface area contributed by atoms with Crippen LogP contribution in [-0.4, -0.2) is 27.9 Å². The summed E-state index contributed by atoms with van der Waals surface area (Å²) in [6, 6.07) is 4.41. The predicted octanol–water partition coefficient (Wildman–Crippen LogP) is 5.61. The van der Waals surface area contributed by atoms with Gasteiger partial charge in [-0.05, 0) is 74.1 Å². The third-order valence-electron chi connectivity index (χ3n) is 4.66. The number of aromatic nitrogens is 1. The molecule has 3 rings (SSSR count). The molecule has 1 heterocycles. The molecule has 4 nitrogen and oxygen atoms in total. The second kappa shape index (κ2) is 9.37. The molecule has 1 saturated carbocycles. The van der Waals surface area contributed by atoms with Gasteiger partial charge in [-0.3, -0.25) is 4.79 Å². The molecular weight excluding hydrogens is 384 g/mol. The lowest BCUT2D eigenvalue weighted by molar-refractivity contribution is -0.137. The van der Waals surface area contributed by atoms with E-state index in [1.54, 1.807) is 6.20 Å². The number of nitrogens with zero attached hydrogens (tertiary/aromatic N) is 1. The van der Waals surface area contributed by atoms with Crippen molar-refractivity contribution in [1.82, 2.24) is 4.98 Å². The van der Waals surface area contributed by atoms with Crippen LogP contribution in [0.5, 0.6) is 5.88 Å². The van der Waals surface area contributed by atoms with Crippen LogP contribution in [0.1, 0.15) is 44.1 Å². The number of carbonyl (C=O) groups is 1. The number of aliphatic carboxylic acids is 1. The topological polar surface area (TPSA) is 59.4 Å². The number of carboxylic acid groups (broad SMARTS) is 1. The zero-order valence-corrected chi connectivity index (χ0v) is 16.5. The maximum atomic E-state index is 14.6. The second-order valence-electron chi connectivity index (χ2n) is 7.00. The maximum Gasteiger partial charge on any atom is 0.303 e. The summed E-state index contributed by atoms with van der Waals surface area (Å²) in [6.07, 6.45) is 6.26. The Morgan fingerprint density at radius 2 is 1.93 bits per heavy atom. The van der Waals surface area contributed by atoms with Crippen LogP contribution in [0.15, 0.2) is 29.3 Å². The molecule has 1 aromatic carbocycles. The average Bonchev–Trinajstić information content (AvgIpc) is 3.14. The first-order valence-corrected chi connectivity index (χ1v) is 10.4. The fourth-order valence-electron chi connectivity index (χ4n) is 3.27. The summed E-state index contributed by atoms with van der Waals surface area (Å²) in [5.41, 5.74) is 1.84. The summed E-state index contributed by atoms with van der Waals surface area (Å²) >= 11 is 0.993. The molecular formula is C21H23F2NO3S. The lowest BCUT2D eigenvalue weighted by atomic mass is 10.0. The van der Waals surface area contributed by atoms with Gasteiger partial charge < -0.3 is 9.84 Å². The van der Waals surface area contributed by atoms with Crippen LogP contribution < -0.4 is 4.74 Å². The molecule has 150 valence electrons. The van der Waals surface area contributed by atoms with Gasteiger partial charge in [-0.25, -0.2) is 13.8 Å². The first-order valence-electron chi connectivity index (χ1n) is 9.41. The smallest absolute Gasteiger partial charge is 0.303 e. The molecule has 2 aromatic rings. The van der Waals surface area contributed by atoms with Gasteiger partial charge in [0.15, 0.2) is 0 Å². The lowest BCUT2D eigenvalue weighted by Crippen LogP contribution is -2.12. The highest BCUT2D eigenvalue weighted by atomic mass is 32.2. The first-order chi connectivity index (χ1) is 13.4. The number of benzene rings is 1. The zero-order chi connectivity index (χ0) is 20.1. The Morgan fingerprint density at radius 1 is 1.25 bits per heavy atom. The molecule has 0 atom stereocenters. The number of halogens is 2. The molecule has 0 amide bonds. The van der Waals surface area contributed by atoms with Crippen molar-refractivity contribution < 1.29 is 23.4 Å². The van der Waals surface area contributed by atoms with E-state index in [-0.39, 0.29) is 17.4 Å². The first kappa shape index (κ1) is 20.6. The van der Waals surface area contributed by atoms with Gasteiger partial charge in [0, 0.05) is 18.2 Å². The minimum atomic E-state index is -0.918. The van der Waals surface area contributed by atoms with E-state index in [0.29, 0.717) is 29.2 Å². The van der Waals surface area contributed by atoms with Crippen molar-refractivity contribution in [2.45, 2.75) is 56.4 Å². The largest absolute Gasteiger partial charge is 0.481 e. The number of ether oxygens (including phenoxy) is 1. The molecule has 0 unspecified atom stereocenters. The molecule has 1 aromatic heterocycles. The van der Waals surface area contributed by atoms with E-state index in [1.807, 2.05) is 13.0 Å². The van der Waals surface area contributed by atoms with Crippen molar-refractivity contribution in [1.29, 1.82) is 0 Å². The van der Waals surface area contributed by atoms with Crippen LogP contribution in [0.3, 0.4) is 0 Å². The van der Waals surface area contributed by atoms with Crippen molar-refractivity contribution in [2.75, 3.05) is 5.75 Å². The van der Waals surface area contributed by atoms with Crippen molar-refractivity contribution in [3.05, 3.63) is 41.6 Å². The molecule has 1 N–H and O–H groups in total. The number of aryl methyl sites for hydroxylation is 1. The predicted molar refractivity (Wildman–Crippen MR) is 105 cm³/mol. The molecule has 7 heteroatoms. The Bertz CT molecular complexity index is 831. The summed E-state index contributed by atoms with van der Waals surface area (Å²) in [5, 5.41) is 8.66. The van der Waals surface area contributed by atoms with Gasteiger partial charge >= 0.3 is 5.97 Å². The van der Waals surface area contributed by atoms with E-state index in [2.05, 4.69) is 4.98 Å². The molecule has 1 aliphatic carbocycles. The highest BCUT2D eigenvalue weighted by Crippen LogP contribution is 2.36. The normalized spacial score (nSPS) is 14.4. The average molecular weight is 407 g/mol. The minimum Gasteiger partial charge on any atom is -0.481 e. The van der Waals surface area contributed by atoms with E-state index >= 15 is 0 Å². The summed E-state index contributed by atoms with van der Waals surface area (Å²) < 4.78 is 35.2. The Hall–Kier alpha value is -2.15. The fourth-order valence-corrected chi connectivity index (χ4v) is 4.16. The van der Waals surface area contributed by atoms with E-state index in [4.69, 9.17) is 9.84 Å². The van der Waals surface area contributed by atoms with Gasteiger partial charge in [-0.15, -0.1) is 11.8 Å². The van der Waals surface area contributed by atoms with Crippen LogP contribution in [-0.2, 0) is 4.79 Å². The molecule has 28 heavy (non-hydrogen) atoms. The van der Waals surface area contributed by atoms with E-state index in [0.717, 1.165) is 43.0 Å².